The van der Waals surface area contributed by atoms with Gasteiger partial charge in [-0.15, -0.1) is 0 Å². The van der Waals surface area contributed by atoms with E-state index in [1.165, 1.54) is 0 Å². The van der Waals surface area contributed by atoms with Crippen molar-refractivity contribution < 1.29 is 0 Å². The van der Waals surface area contributed by atoms with Crippen LogP contribution < -0.4 is 0 Å². The molecule has 0 unspecified atom stereocenters. The van der Waals surface area contributed by atoms with Crippen LogP contribution in [0.5, 0.6) is 0 Å². The van der Waals surface area contributed by atoms with Gasteiger partial charge in [0.05, 0.1) is 0 Å². The highest BCUT2D eigenvalue weighted by atomic mass is 35.5. The Labute approximate surface area is 87.2 Å². The predicted molar refractivity (Wildman–Crippen MR) is 59.8 cm³/mol. The zero-order valence-electron chi connectivity index (χ0n) is 9.18. The lowest BCUT2D eigenvalue weighted by molar-refractivity contribution is 0.236. The van der Waals surface area contributed by atoms with Gasteiger partial charge < -0.3 is 9.80 Å². The maximum absolute atomic E-state index is 5.83. The highest BCUT2D eigenvalue weighted by molar-refractivity contribution is 6.25. The zero-order chi connectivity index (χ0) is 10.3. The lowest BCUT2D eigenvalue weighted by atomic mass is 10.4. The van der Waals surface area contributed by atoms with Crippen molar-refractivity contribution in [1.82, 2.24) is 9.80 Å². The number of nitrogens with zero attached hydrogens (tertiary/aromatic N) is 2. The van der Waals surface area contributed by atoms with E-state index in [-0.39, 0.29) is 0 Å². The second kappa shape index (κ2) is 7.07. The maximum atomic E-state index is 5.83. The fourth-order valence-corrected chi connectivity index (χ4v) is 1.71. The summed E-state index contributed by atoms with van der Waals surface area (Å²) < 4.78 is 0. The molecule has 0 heterocycles. The lowest BCUT2D eigenvalue weighted by Crippen LogP contribution is -2.35. The van der Waals surface area contributed by atoms with Crippen molar-refractivity contribution >= 4 is 11.6 Å². The Hall–Kier alpha value is -0.370. The van der Waals surface area contributed by atoms with Crippen LogP contribution in [0.1, 0.15) is 27.7 Å². The Morgan fingerprint density at radius 1 is 0.923 bits per heavy atom. The molecule has 0 saturated heterocycles. The van der Waals surface area contributed by atoms with Gasteiger partial charge >= 0.3 is 0 Å². The van der Waals surface area contributed by atoms with Crippen molar-refractivity contribution in [1.29, 1.82) is 0 Å². The fourth-order valence-electron chi connectivity index (χ4n) is 1.43. The summed E-state index contributed by atoms with van der Waals surface area (Å²) >= 11 is 5.83. The maximum Gasteiger partial charge on any atom is 0.115 e. The van der Waals surface area contributed by atoms with Crippen LogP contribution in [0.4, 0.5) is 0 Å². The summed E-state index contributed by atoms with van der Waals surface area (Å²) in [5.41, 5.74) is 1.68. The monoisotopic (exact) mass is 204 g/mol. The van der Waals surface area contributed by atoms with Crippen molar-refractivity contribution in [2.45, 2.75) is 27.7 Å². The number of rotatable bonds is 6. The Kier molecular flexibility index (Phi) is 6.87. The first kappa shape index (κ1) is 12.6. The van der Waals surface area contributed by atoms with Gasteiger partial charge in [0.25, 0.3) is 0 Å². The van der Waals surface area contributed by atoms with Gasteiger partial charge in [-0.25, -0.2) is 0 Å². The highest BCUT2D eigenvalue weighted by Gasteiger charge is 2.10. The van der Waals surface area contributed by atoms with Crippen molar-refractivity contribution in [2.24, 2.45) is 0 Å². The third-order valence-corrected chi connectivity index (χ3v) is 2.47. The molecule has 0 spiro atoms. The van der Waals surface area contributed by atoms with Crippen LogP contribution in [0.15, 0.2) is 11.4 Å². The molecule has 0 aliphatic rings. The molecule has 0 amide bonds. The quantitative estimate of drug-likeness (QED) is 0.657. The molecule has 0 aliphatic carbocycles. The van der Waals surface area contributed by atoms with Gasteiger partial charge in [0, 0.05) is 31.7 Å². The van der Waals surface area contributed by atoms with Gasteiger partial charge in [-0.05, 0) is 27.7 Å². The third kappa shape index (κ3) is 3.47. The predicted octanol–water partition coefficient (Wildman–Crippen LogP) is 2.71. The van der Waals surface area contributed by atoms with Crippen LogP contribution in [-0.2, 0) is 0 Å². The van der Waals surface area contributed by atoms with E-state index in [9.17, 15) is 0 Å². The molecule has 0 atom stereocenters. The van der Waals surface area contributed by atoms with Crippen molar-refractivity contribution in [3.8, 4) is 0 Å². The normalized spacial score (nSPS) is 9.62. The van der Waals surface area contributed by atoms with E-state index in [1.54, 1.807) is 5.54 Å². The smallest absolute Gasteiger partial charge is 0.115 e. The SMILES string of the molecule is CCN(CC)C(=CCl)N(CC)CC. The molecule has 78 valence electrons. The average Bonchev–Trinajstić information content (AvgIpc) is 2.18. The molecule has 0 N–H and O–H groups in total. The second-order valence-corrected chi connectivity index (χ2v) is 3.03. The first-order chi connectivity index (χ1) is 6.24. The van der Waals surface area contributed by atoms with E-state index in [0.29, 0.717) is 0 Å². The molecule has 0 fully saturated rings. The van der Waals surface area contributed by atoms with E-state index in [0.717, 1.165) is 32.0 Å². The first-order valence-corrected chi connectivity index (χ1v) is 5.48. The number of hydrogen-bond acceptors (Lipinski definition) is 2. The first-order valence-electron chi connectivity index (χ1n) is 5.05. The van der Waals surface area contributed by atoms with E-state index < -0.39 is 0 Å². The molecule has 0 radical (unpaired) electrons. The van der Waals surface area contributed by atoms with E-state index >= 15 is 0 Å². The summed E-state index contributed by atoms with van der Waals surface area (Å²) in [5, 5.41) is 0. The van der Waals surface area contributed by atoms with Crippen LogP contribution in [0.25, 0.3) is 0 Å². The van der Waals surface area contributed by atoms with E-state index in [2.05, 4.69) is 37.5 Å². The lowest BCUT2D eigenvalue weighted by Gasteiger charge is -2.32. The third-order valence-electron chi connectivity index (χ3n) is 2.27. The average molecular weight is 205 g/mol. The van der Waals surface area contributed by atoms with Crippen LogP contribution >= 0.6 is 11.6 Å². The second-order valence-electron chi connectivity index (χ2n) is 2.81. The summed E-state index contributed by atoms with van der Waals surface area (Å²) in [6.07, 6.45) is 0. The van der Waals surface area contributed by atoms with Crippen molar-refractivity contribution in [3.63, 3.8) is 0 Å². The van der Waals surface area contributed by atoms with E-state index in [1.807, 2.05) is 0 Å². The van der Waals surface area contributed by atoms with E-state index in [4.69, 9.17) is 11.6 Å². The Bertz CT molecular complexity index is 135. The number of halogens is 1. The summed E-state index contributed by atoms with van der Waals surface area (Å²) in [5.74, 6) is 1.14. The topological polar surface area (TPSA) is 6.48 Å². The molecule has 0 rings (SSSR count). The summed E-state index contributed by atoms with van der Waals surface area (Å²) in [7, 11) is 0. The molecule has 0 aromatic heterocycles. The summed E-state index contributed by atoms with van der Waals surface area (Å²) in [4.78, 5) is 4.53. The van der Waals surface area contributed by atoms with Gasteiger partial charge in [-0.3, -0.25) is 0 Å². The molecule has 0 saturated carbocycles. The summed E-state index contributed by atoms with van der Waals surface area (Å²) in [6.45, 7) is 12.6. The number of hydrogen-bond donors (Lipinski definition) is 0. The zero-order valence-corrected chi connectivity index (χ0v) is 9.93. The largest absolute Gasteiger partial charge is 0.358 e. The molecule has 0 bridgehead atoms. The molecular formula is C10H21ClN2. The van der Waals surface area contributed by atoms with Crippen LogP contribution in [-0.4, -0.2) is 36.0 Å². The molecule has 0 aromatic rings. The minimum atomic E-state index is 1.01. The molecular weight excluding hydrogens is 184 g/mol. The standard InChI is InChI=1S/C10H21ClN2/c1-5-12(6-2)10(9-11)13(7-3)8-4/h9H,5-8H2,1-4H3. The van der Waals surface area contributed by atoms with Gasteiger partial charge in [0.2, 0.25) is 0 Å². The molecule has 2 nitrogen and oxygen atoms in total. The minimum Gasteiger partial charge on any atom is -0.358 e. The van der Waals surface area contributed by atoms with Crippen LogP contribution in [0, 0.1) is 0 Å². The van der Waals surface area contributed by atoms with Gasteiger partial charge in [-0.1, -0.05) is 11.6 Å². The minimum absolute atomic E-state index is 1.01. The highest BCUT2D eigenvalue weighted by Crippen LogP contribution is 2.11. The fraction of sp³-hybridized carbons (Fsp3) is 0.800. The Morgan fingerprint density at radius 3 is 1.38 bits per heavy atom. The van der Waals surface area contributed by atoms with Crippen LogP contribution in [0.2, 0.25) is 0 Å². The Morgan fingerprint density at radius 2 is 1.23 bits per heavy atom. The van der Waals surface area contributed by atoms with Gasteiger partial charge in [0.15, 0.2) is 0 Å². The van der Waals surface area contributed by atoms with Crippen molar-refractivity contribution in [2.75, 3.05) is 26.2 Å². The van der Waals surface area contributed by atoms with Crippen molar-refractivity contribution in [3.05, 3.63) is 11.4 Å². The van der Waals surface area contributed by atoms with Crippen LogP contribution in [0.3, 0.4) is 0 Å². The molecule has 0 aliphatic heterocycles. The molecule has 13 heavy (non-hydrogen) atoms. The molecule has 3 heteroatoms. The van der Waals surface area contributed by atoms with Gasteiger partial charge in [-0.2, -0.15) is 0 Å². The summed E-state index contributed by atoms with van der Waals surface area (Å²) in [6, 6.07) is 0. The van der Waals surface area contributed by atoms with Gasteiger partial charge in [0.1, 0.15) is 5.82 Å². The Balaban J connectivity index is 4.47. The molecule has 0 aromatic carbocycles.